The van der Waals surface area contributed by atoms with E-state index in [9.17, 15) is 4.79 Å². The Hall–Kier alpha value is -2.36. The fourth-order valence-corrected chi connectivity index (χ4v) is 2.18. The maximum Gasteiger partial charge on any atom is 0.261 e. The summed E-state index contributed by atoms with van der Waals surface area (Å²) in [5, 5.41) is 3.29. The number of nitrogens with one attached hydrogen (secondary N) is 1. The molecule has 1 aromatic heterocycles. The molecule has 2 aromatic rings. The van der Waals surface area contributed by atoms with Crippen LogP contribution in [0.3, 0.4) is 0 Å². The van der Waals surface area contributed by atoms with E-state index in [-0.39, 0.29) is 5.91 Å². The summed E-state index contributed by atoms with van der Waals surface area (Å²) < 4.78 is 0. The van der Waals surface area contributed by atoms with Crippen molar-refractivity contribution in [2.45, 2.75) is 20.3 Å². The molecule has 0 unspecified atom stereocenters. The zero-order valence-electron chi connectivity index (χ0n) is 12.5. The highest BCUT2D eigenvalue weighted by molar-refractivity contribution is 6.09. The van der Waals surface area contributed by atoms with Crippen LogP contribution < -0.4 is 10.2 Å². The number of amides is 1. The van der Waals surface area contributed by atoms with Crippen LogP contribution in [0, 0.1) is 0 Å². The molecule has 0 aliphatic carbocycles. The van der Waals surface area contributed by atoms with Crippen LogP contribution in [-0.4, -0.2) is 24.0 Å². The number of hydrogen-bond acceptors (Lipinski definition) is 3. The van der Waals surface area contributed by atoms with Crippen LogP contribution in [0.15, 0.2) is 48.8 Å². The summed E-state index contributed by atoms with van der Waals surface area (Å²) in [6.07, 6.45) is 4.34. The number of benzene rings is 1. The van der Waals surface area contributed by atoms with Crippen molar-refractivity contribution in [2.75, 3.05) is 23.3 Å². The molecule has 0 spiro atoms. The van der Waals surface area contributed by atoms with Gasteiger partial charge in [-0.15, -0.1) is 0 Å². The number of carbonyl (C=O) groups excluding carboxylic acids is 1. The van der Waals surface area contributed by atoms with Gasteiger partial charge in [-0.1, -0.05) is 25.1 Å². The normalized spacial score (nSPS) is 10.2. The maximum atomic E-state index is 12.8. The standard InChI is InChI=1S/C17H21N3O/c1-3-11-19-16-10-12-18-13-15(16)17(21)20(4-2)14-8-6-5-7-9-14/h5-10,12-13H,3-4,11H2,1-2H3,(H,18,19). The molecule has 0 atom stereocenters. The molecule has 0 saturated carbocycles. The number of anilines is 2. The van der Waals surface area contributed by atoms with E-state index in [4.69, 9.17) is 0 Å². The molecule has 1 aromatic carbocycles. The second-order valence-electron chi connectivity index (χ2n) is 4.73. The van der Waals surface area contributed by atoms with Gasteiger partial charge in [0.1, 0.15) is 0 Å². The smallest absolute Gasteiger partial charge is 0.261 e. The van der Waals surface area contributed by atoms with Gasteiger partial charge in [0.05, 0.1) is 11.3 Å². The van der Waals surface area contributed by atoms with Gasteiger partial charge >= 0.3 is 0 Å². The average Bonchev–Trinajstić information content (AvgIpc) is 2.55. The van der Waals surface area contributed by atoms with Crippen molar-refractivity contribution in [3.8, 4) is 0 Å². The third kappa shape index (κ3) is 3.60. The molecule has 1 amide bonds. The van der Waals surface area contributed by atoms with Crippen molar-refractivity contribution in [1.82, 2.24) is 4.98 Å². The zero-order valence-corrected chi connectivity index (χ0v) is 12.5. The Kier molecular flexibility index (Phi) is 5.32. The van der Waals surface area contributed by atoms with E-state index < -0.39 is 0 Å². The number of pyridine rings is 1. The minimum Gasteiger partial charge on any atom is -0.384 e. The second-order valence-corrected chi connectivity index (χ2v) is 4.73. The molecule has 0 aliphatic heterocycles. The molecular weight excluding hydrogens is 262 g/mol. The number of nitrogens with zero attached hydrogens (tertiary/aromatic N) is 2. The predicted octanol–water partition coefficient (Wildman–Crippen LogP) is 3.57. The van der Waals surface area contributed by atoms with E-state index >= 15 is 0 Å². The van der Waals surface area contributed by atoms with Gasteiger partial charge in [0.2, 0.25) is 0 Å². The largest absolute Gasteiger partial charge is 0.384 e. The van der Waals surface area contributed by atoms with Crippen molar-refractivity contribution in [2.24, 2.45) is 0 Å². The number of carbonyl (C=O) groups is 1. The fourth-order valence-electron chi connectivity index (χ4n) is 2.18. The lowest BCUT2D eigenvalue weighted by Crippen LogP contribution is -2.31. The molecule has 21 heavy (non-hydrogen) atoms. The molecule has 1 heterocycles. The number of para-hydroxylation sites is 1. The molecule has 1 N–H and O–H groups in total. The van der Waals surface area contributed by atoms with Gasteiger partial charge < -0.3 is 10.2 Å². The summed E-state index contributed by atoms with van der Waals surface area (Å²) in [4.78, 5) is 18.7. The Morgan fingerprint density at radius 3 is 2.62 bits per heavy atom. The Balaban J connectivity index is 2.30. The van der Waals surface area contributed by atoms with E-state index in [1.54, 1.807) is 17.3 Å². The lowest BCUT2D eigenvalue weighted by molar-refractivity contribution is 0.0988. The molecule has 0 radical (unpaired) electrons. The molecule has 0 bridgehead atoms. The summed E-state index contributed by atoms with van der Waals surface area (Å²) in [5.74, 6) is -0.0320. The van der Waals surface area contributed by atoms with Crippen molar-refractivity contribution >= 4 is 17.3 Å². The summed E-state index contributed by atoms with van der Waals surface area (Å²) in [5.41, 5.74) is 2.35. The molecule has 0 fully saturated rings. The lowest BCUT2D eigenvalue weighted by Gasteiger charge is -2.22. The van der Waals surface area contributed by atoms with Crippen molar-refractivity contribution in [1.29, 1.82) is 0 Å². The number of aromatic nitrogens is 1. The van der Waals surface area contributed by atoms with Gasteiger partial charge in [-0.25, -0.2) is 0 Å². The Bertz CT molecular complexity index is 584. The molecule has 0 saturated heterocycles. The van der Waals surface area contributed by atoms with Crippen molar-refractivity contribution in [3.05, 3.63) is 54.4 Å². The Morgan fingerprint density at radius 1 is 1.19 bits per heavy atom. The molecule has 4 heteroatoms. The van der Waals surface area contributed by atoms with E-state index in [0.717, 1.165) is 24.3 Å². The lowest BCUT2D eigenvalue weighted by atomic mass is 10.2. The van der Waals surface area contributed by atoms with Gasteiger partial charge in [-0.05, 0) is 31.5 Å². The van der Waals surface area contributed by atoms with Crippen LogP contribution in [-0.2, 0) is 0 Å². The highest BCUT2D eigenvalue weighted by Gasteiger charge is 2.19. The maximum absolute atomic E-state index is 12.8. The van der Waals surface area contributed by atoms with E-state index in [1.807, 2.05) is 43.3 Å². The SMILES string of the molecule is CCCNc1ccncc1C(=O)N(CC)c1ccccc1. The average molecular weight is 283 g/mol. The Labute approximate surface area is 125 Å². The van der Waals surface area contributed by atoms with E-state index in [0.29, 0.717) is 12.1 Å². The Morgan fingerprint density at radius 2 is 1.95 bits per heavy atom. The first-order valence-corrected chi connectivity index (χ1v) is 7.32. The summed E-state index contributed by atoms with van der Waals surface area (Å²) in [7, 11) is 0. The predicted molar refractivity (Wildman–Crippen MR) is 86.8 cm³/mol. The first-order chi connectivity index (χ1) is 10.3. The number of rotatable bonds is 6. The van der Waals surface area contributed by atoms with Crippen LogP contribution in [0.5, 0.6) is 0 Å². The van der Waals surface area contributed by atoms with E-state index in [2.05, 4.69) is 17.2 Å². The topological polar surface area (TPSA) is 45.2 Å². The van der Waals surface area contributed by atoms with Gasteiger partial charge in [-0.3, -0.25) is 9.78 Å². The fraction of sp³-hybridized carbons (Fsp3) is 0.294. The van der Waals surface area contributed by atoms with Gasteiger partial charge in [-0.2, -0.15) is 0 Å². The van der Waals surface area contributed by atoms with Crippen LogP contribution in [0.2, 0.25) is 0 Å². The molecular formula is C17H21N3O. The minimum absolute atomic E-state index is 0.0320. The van der Waals surface area contributed by atoms with Gasteiger partial charge in [0, 0.05) is 31.2 Å². The third-order valence-corrected chi connectivity index (χ3v) is 3.25. The van der Waals surface area contributed by atoms with Crippen molar-refractivity contribution < 1.29 is 4.79 Å². The third-order valence-electron chi connectivity index (χ3n) is 3.25. The molecule has 0 aliphatic rings. The highest BCUT2D eigenvalue weighted by Crippen LogP contribution is 2.20. The summed E-state index contributed by atoms with van der Waals surface area (Å²) in [6.45, 7) is 5.52. The summed E-state index contributed by atoms with van der Waals surface area (Å²) >= 11 is 0. The highest BCUT2D eigenvalue weighted by atomic mass is 16.2. The summed E-state index contributed by atoms with van der Waals surface area (Å²) in [6, 6.07) is 11.5. The monoisotopic (exact) mass is 283 g/mol. The zero-order chi connectivity index (χ0) is 15.1. The molecule has 110 valence electrons. The van der Waals surface area contributed by atoms with Crippen LogP contribution in [0.1, 0.15) is 30.6 Å². The minimum atomic E-state index is -0.0320. The molecule has 4 nitrogen and oxygen atoms in total. The second kappa shape index (κ2) is 7.43. The number of hydrogen-bond donors (Lipinski definition) is 1. The van der Waals surface area contributed by atoms with E-state index in [1.165, 1.54) is 0 Å². The van der Waals surface area contributed by atoms with Crippen LogP contribution in [0.25, 0.3) is 0 Å². The van der Waals surface area contributed by atoms with Crippen LogP contribution in [0.4, 0.5) is 11.4 Å². The first-order valence-electron chi connectivity index (χ1n) is 7.32. The molecule has 2 rings (SSSR count). The van der Waals surface area contributed by atoms with Gasteiger partial charge in [0.25, 0.3) is 5.91 Å². The van der Waals surface area contributed by atoms with Gasteiger partial charge in [0.15, 0.2) is 0 Å². The first kappa shape index (κ1) is 15.0. The quantitative estimate of drug-likeness (QED) is 0.881. The van der Waals surface area contributed by atoms with Crippen LogP contribution >= 0.6 is 0 Å². The van der Waals surface area contributed by atoms with Crippen molar-refractivity contribution in [3.63, 3.8) is 0 Å².